The van der Waals surface area contributed by atoms with Crippen LogP contribution in [0.2, 0.25) is 0 Å². The van der Waals surface area contributed by atoms with Crippen molar-refractivity contribution in [1.82, 2.24) is 4.98 Å². The van der Waals surface area contributed by atoms with E-state index in [1.807, 2.05) is 12.1 Å². The highest BCUT2D eigenvalue weighted by Crippen LogP contribution is 2.39. The average Bonchev–Trinajstić information content (AvgIpc) is 3.12. The minimum Gasteiger partial charge on any atom is -0.497 e. The molecule has 0 aliphatic carbocycles. The SMILES string of the molecule is COc1ccc2cc(C(O)(c3ccncc3)c3ccc(F)cc3)oc2c1. The molecule has 2 aromatic heterocycles. The molecule has 0 fully saturated rings. The highest BCUT2D eigenvalue weighted by Gasteiger charge is 2.37. The van der Waals surface area contributed by atoms with E-state index in [2.05, 4.69) is 4.98 Å². The van der Waals surface area contributed by atoms with Gasteiger partial charge < -0.3 is 14.3 Å². The number of benzene rings is 2. The summed E-state index contributed by atoms with van der Waals surface area (Å²) in [5.74, 6) is 0.617. The number of methoxy groups -OCH3 is 1. The number of hydrogen-bond acceptors (Lipinski definition) is 4. The Balaban J connectivity index is 1.95. The van der Waals surface area contributed by atoms with E-state index in [-0.39, 0.29) is 5.82 Å². The third-order valence-electron chi connectivity index (χ3n) is 4.44. The maximum atomic E-state index is 13.4. The lowest BCUT2D eigenvalue weighted by atomic mass is 9.84. The second kappa shape index (κ2) is 6.28. The zero-order chi connectivity index (χ0) is 18.1. The molecular weight excluding hydrogens is 333 g/mol. The Bertz CT molecular complexity index is 1040. The summed E-state index contributed by atoms with van der Waals surface area (Å²) in [7, 11) is 1.58. The Hall–Kier alpha value is -3.18. The second-order valence-corrected chi connectivity index (χ2v) is 5.97. The van der Waals surface area contributed by atoms with Gasteiger partial charge in [0.1, 0.15) is 22.9 Å². The summed E-state index contributed by atoms with van der Waals surface area (Å²) in [5, 5.41) is 12.5. The zero-order valence-electron chi connectivity index (χ0n) is 14.0. The number of hydrogen-bond donors (Lipinski definition) is 1. The second-order valence-electron chi connectivity index (χ2n) is 5.97. The van der Waals surface area contributed by atoms with Crippen LogP contribution in [-0.2, 0) is 5.60 Å². The Labute approximate surface area is 149 Å². The van der Waals surface area contributed by atoms with Gasteiger partial charge in [-0.2, -0.15) is 0 Å². The first kappa shape index (κ1) is 16.3. The monoisotopic (exact) mass is 349 g/mol. The third-order valence-corrected chi connectivity index (χ3v) is 4.44. The van der Waals surface area contributed by atoms with Gasteiger partial charge in [-0.05, 0) is 53.6 Å². The van der Waals surface area contributed by atoms with Crippen molar-refractivity contribution in [2.45, 2.75) is 5.60 Å². The minimum absolute atomic E-state index is 0.332. The smallest absolute Gasteiger partial charge is 0.173 e. The highest BCUT2D eigenvalue weighted by atomic mass is 19.1. The van der Waals surface area contributed by atoms with Crippen LogP contribution in [0.3, 0.4) is 0 Å². The van der Waals surface area contributed by atoms with E-state index in [0.29, 0.717) is 28.2 Å². The molecule has 4 rings (SSSR count). The summed E-state index contributed by atoms with van der Waals surface area (Å²) in [6, 6.07) is 16.3. The Morgan fingerprint density at radius 1 is 0.962 bits per heavy atom. The highest BCUT2D eigenvalue weighted by molar-refractivity contribution is 5.80. The van der Waals surface area contributed by atoms with Crippen molar-refractivity contribution in [1.29, 1.82) is 0 Å². The molecule has 26 heavy (non-hydrogen) atoms. The van der Waals surface area contributed by atoms with Crippen LogP contribution in [0.5, 0.6) is 5.75 Å². The maximum Gasteiger partial charge on any atom is 0.173 e. The van der Waals surface area contributed by atoms with Crippen LogP contribution >= 0.6 is 0 Å². The molecule has 0 amide bonds. The molecule has 4 aromatic rings. The molecule has 2 heterocycles. The molecule has 0 saturated carbocycles. The Morgan fingerprint density at radius 2 is 1.65 bits per heavy atom. The van der Waals surface area contributed by atoms with Crippen LogP contribution in [0.1, 0.15) is 16.9 Å². The van der Waals surface area contributed by atoms with E-state index in [1.54, 1.807) is 55.9 Å². The van der Waals surface area contributed by atoms with Crippen LogP contribution in [0.4, 0.5) is 4.39 Å². The topological polar surface area (TPSA) is 55.5 Å². The van der Waals surface area contributed by atoms with Gasteiger partial charge in [-0.15, -0.1) is 0 Å². The van der Waals surface area contributed by atoms with Gasteiger partial charge in [0.15, 0.2) is 5.60 Å². The van der Waals surface area contributed by atoms with Gasteiger partial charge in [-0.3, -0.25) is 4.98 Å². The first-order valence-corrected chi connectivity index (χ1v) is 8.08. The summed E-state index contributed by atoms with van der Waals surface area (Å²) in [5.41, 5.74) is 0.0818. The van der Waals surface area contributed by atoms with Gasteiger partial charge in [0.05, 0.1) is 7.11 Å². The van der Waals surface area contributed by atoms with E-state index in [0.717, 1.165) is 5.39 Å². The lowest BCUT2D eigenvalue weighted by molar-refractivity contribution is 0.101. The fourth-order valence-corrected chi connectivity index (χ4v) is 3.05. The van der Waals surface area contributed by atoms with E-state index in [9.17, 15) is 9.50 Å². The molecule has 4 nitrogen and oxygen atoms in total. The molecule has 1 atom stereocenters. The van der Waals surface area contributed by atoms with Crippen molar-refractivity contribution >= 4 is 11.0 Å². The van der Waals surface area contributed by atoms with E-state index in [1.165, 1.54) is 12.1 Å². The van der Waals surface area contributed by atoms with E-state index in [4.69, 9.17) is 9.15 Å². The first-order chi connectivity index (χ1) is 12.6. The summed E-state index contributed by atoms with van der Waals surface area (Å²) in [6.07, 6.45) is 3.19. The van der Waals surface area contributed by atoms with Gasteiger partial charge in [0, 0.05) is 23.8 Å². The van der Waals surface area contributed by atoms with E-state index < -0.39 is 5.60 Å². The van der Waals surface area contributed by atoms with Crippen molar-refractivity contribution in [2.75, 3.05) is 7.11 Å². The van der Waals surface area contributed by atoms with Crippen molar-refractivity contribution in [3.63, 3.8) is 0 Å². The number of aliphatic hydroxyl groups is 1. The summed E-state index contributed by atoms with van der Waals surface area (Å²) in [4.78, 5) is 4.01. The van der Waals surface area contributed by atoms with Crippen LogP contribution < -0.4 is 4.74 Å². The van der Waals surface area contributed by atoms with E-state index >= 15 is 0 Å². The van der Waals surface area contributed by atoms with Crippen molar-refractivity contribution in [2.24, 2.45) is 0 Å². The molecule has 0 aliphatic rings. The Kier molecular flexibility index (Phi) is 3.93. The fraction of sp³-hybridized carbons (Fsp3) is 0.0952. The Morgan fingerprint density at radius 3 is 2.35 bits per heavy atom. The number of rotatable bonds is 4. The van der Waals surface area contributed by atoms with Gasteiger partial charge in [-0.1, -0.05) is 12.1 Å². The summed E-state index contributed by atoms with van der Waals surface area (Å²) < 4.78 is 24.6. The predicted octanol–water partition coefficient (Wildman–Crippen LogP) is 4.26. The van der Waals surface area contributed by atoms with Gasteiger partial charge in [0.25, 0.3) is 0 Å². The summed E-state index contributed by atoms with van der Waals surface area (Å²) >= 11 is 0. The predicted molar refractivity (Wildman–Crippen MR) is 95.5 cm³/mol. The largest absolute Gasteiger partial charge is 0.497 e. The summed E-state index contributed by atoms with van der Waals surface area (Å²) in [6.45, 7) is 0. The molecule has 0 aliphatic heterocycles. The number of aromatic nitrogens is 1. The molecule has 2 aromatic carbocycles. The molecule has 0 radical (unpaired) electrons. The number of pyridine rings is 1. The third kappa shape index (κ3) is 2.62. The maximum absolute atomic E-state index is 13.4. The molecule has 5 heteroatoms. The first-order valence-electron chi connectivity index (χ1n) is 8.08. The number of nitrogens with zero attached hydrogens (tertiary/aromatic N) is 1. The van der Waals surface area contributed by atoms with Crippen LogP contribution in [0, 0.1) is 5.82 Å². The average molecular weight is 349 g/mol. The molecule has 0 spiro atoms. The van der Waals surface area contributed by atoms with Crippen molar-refractivity contribution in [3.8, 4) is 5.75 Å². The van der Waals surface area contributed by atoms with Crippen LogP contribution in [0.25, 0.3) is 11.0 Å². The quantitative estimate of drug-likeness (QED) is 0.598. The molecular formula is C21H16FNO3. The van der Waals surface area contributed by atoms with Gasteiger partial charge in [-0.25, -0.2) is 4.39 Å². The minimum atomic E-state index is -1.58. The van der Waals surface area contributed by atoms with Gasteiger partial charge >= 0.3 is 0 Å². The zero-order valence-corrected chi connectivity index (χ0v) is 14.0. The molecule has 1 N–H and O–H groups in total. The molecule has 0 bridgehead atoms. The molecule has 1 unspecified atom stereocenters. The lowest BCUT2D eigenvalue weighted by Crippen LogP contribution is -2.28. The van der Waals surface area contributed by atoms with Crippen LogP contribution in [0.15, 0.2) is 77.5 Å². The lowest BCUT2D eigenvalue weighted by Gasteiger charge is -2.27. The number of fused-ring (bicyclic) bond motifs is 1. The number of ether oxygens (including phenoxy) is 1. The molecule has 130 valence electrons. The number of halogens is 1. The fourth-order valence-electron chi connectivity index (χ4n) is 3.05. The standard InChI is InChI=1S/C21H16FNO3/c1-25-18-7-2-14-12-20(26-19(14)13-18)21(24,16-8-10-23-11-9-16)15-3-5-17(22)6-4-15/h2-13,24H,1H3. The van der Waals surface area contributed by atoms with Crippen molar-refractivity contribution < 1.29 is 18.7 Å². The molecule has 0 saturated heterocycles. The van der Waals surface area contributed by atoms with Crippen LogP contribution in [-0.4, -0.2) is 17.2 Å². The van der Waals surface area contributed by atoms with Crippen molar-refractivity contribution in [3.05, 3.63) is 95.8 Å². The number of furan rings is 1. The normalized spacial score (nSPS) is 13.5. The van der Waals surface area contributed by atoms with Gasteiger partial charge in [0.2, 0.25) is 0 Å².